The third-order valence-corrected chi connectivity index (χ3v) is 15.2. The van der Waals surface area contributed by atoms with E-state index in [4.69, 9.17) is 23.8 Å². The monoisotopic (exact) mass is 809 g/mol. The first kappa shape index (κ1) is 42.0. The normalized spacial score (nSPS) is 11.7. The van der Waals surface area contributed by atoms with Crippen molar-refractivity contribution in [2.45, 2.75) is 0 Å². The number of rotatable bonds is 5. The summed E-state index contributed by atoms with van der Waals surface area (Å²) >= 11 is 0. The van der Waals surface area contributed by atoms with Crippen LogP contribution >= 0.6 is 0 Å². The Bertz CT molecular complexity index is 3680. The molecule has 0 fully saturated rings. The molecule has 0 saturated carbocycles. The van der Waals surface area contributed by atoms with Gasteiger partial charge in [0.05, 0.1) is 0 Å². The molecular formula is C45H41B14N3O2. The molecule has 3 aromatic heterocycles. The molecule has 10 rings (SSSR count). The average molecular weight is 807 g/mol. The van der Waals surface area contributed by atoms with Crippen molar-refractivity contribution in [3.63, 3.8) is 0 Å². The summed E-state index contributed by atoms with van der Waals surface area (Å²) < 4.78 is 13.8. The molecule has 19 heteroatoms. The fraction of sp³-hybridized carbons (Fsp3) is 0. The van der Waals surface area contributed by atoms with Gasteiger partial charge in [0.25, 0.3) is 0 Å². The molecule has 0 atom stereocenters. The van der Waals surface area contributed by atoms with Gasteiger partial charge in [-0.05, 0) is 34.4 Å². The van der Waals surface area contributed by atoms with Gasteiger partial charge in [0.15, 0.2) is 17.5 Å². The standard InChI is InChI=1S/C45H41B14N3O2/c46-25-21-22-27(48)31(52)34(55)38(59)42(22)64-41(21)35(56)29(50)24(25)45-61-43(18-11-5-10-17(13-18)16-9-4-8-15(12-16)14-6-2-1-3-7-14)60-44(62-45)23-19-20-26(47)30(51)33(54)37(58)40(20)63-39(19)36(57)32(53)28(23)49/h1-13H,46-59H2. The molecule has 0 aliphatic carbocycles. The van der Waals surface area contributed by atoms with Crippen LogP contribution in [0.15, 0.2) is 87.7 Å². The van der Waals surface area contributed by atoms with E-state index < -0.39 is 0 Å². The summed E-state index contributed by atoms with van der Waals surface area (Å²) in [6.07, 6.45) is 0. The Labute approximate surface area is 387 Å². The van der Waals surface area contributed by atoms with Crippen LogP contribution < -0.4 is 76.5 Å². The molecule has 0 N–H and O–H groups in total. The first-order valence-electron chi connectivity index (χ1n) is 22.5. The van der Waals surface area contributed by atoms with E-state index in [1.165, 1.54) is 65.7 Å². The fourth-order valence-corrected chi connectivity index (χ4v) is 10.4. The first-order valence-corrected chi connectivity index (χ1v) is 22.5. The van der Waals surface area contributed by atoms with Gasteiger partial charge < -0.3 is 8.83 Å². The number of hydrogen-bond donors (Lipinski definition) is 0. The molecule has 0 amide bonds. The maximum Gasteiger partial charge on any atom is 0.164 e. The summed E-state index contributed by atoms with van der Waals surface area (Å²) in [6, 6.07) is 27.9. The predicted molar refractivity (Wildman–Crippen MR) is 316 cm³/mol. The van der Waals surface area contributed by atoms with Crippen LogP contribution in [0, 0.1) is 0 Å². The van der Waals surface area contributed by atoms with Gasteiger partial charge in [0.2, 0.25) is 0 Å². The highest BCUT2D eigenvalue weighted by atomic mass is 16.3. The Morgan fingerprint density at radius 3 is 1.16 bits per heavy atom. The minimum Gasteiger partial charge on any atom is -0.457 e. The van der Waals surface area contributed by atoms with Gasteiger partial charge in [0.1, 0.15) is 132 Å². The topological polar surface area (TPSA) is 65.0 Å². The van der Waals surface area contributed by atoms with Crippen molar-refractivity contribution in [1.82, 2.24) is 15.0 Å². The van der Waals surface area contributed by atoms with Crippen molar-refractivity contribution < 1.29 is 8.83 Å². The lowest BCUT2D eigenvalue weighted by Crippen LogP contribution is -2.47. The highest BCUT2D eigenvalue weighted by Gasteiger charge is 2.28. The molecule has 7 aromatic carbocycles. The molecule has 0 aliphatic rings. The van der Waals surface area contributed by atoms with Gasteiger partial charge in [-0.3, -0.25) is 0 Å². The van der Waals surface area contributed by atoms with Crippen LogP contribution in [-0.2, 0) is 0 Å². The number of aromatic nitrogens is 3. The summed E-state index contributed by atoms with van der Waals surface area (Å²) in [5.74, 6) is 1.89. The largest absolute Gasteiger partial charge is 0.457 e. The molecule has 0 spiro atoms. The minimum atomic E-state index is 0.617. The third-order valence-electron chi connectivity index (χ3n) is 15.2. The van der Waals surface area contributed by atoms with Crippen molar-refractivity contribution in [2.24, 2.45) is 0 Å². The quantitative estimate of drug-likeness (QED) is 0.162. The van der Waals surface area contributed by atoms with Gasteiger partial charge in [0, 0.05) is 38.2 Å². The van der Waals surface area contributed by atoms with Crippen molar-refractivity contribution in [1.29, 1.82) is 0 Å². The number of furan rings is 2. The second-order valence-corrected chi connectivity index (χ2v) is 18.4. The molecule has 0 aliphatic heterocycles. The predicted octanol–water partition coefficient (Wildman–Crippen LogP) is -12.4. The van der Waals surface area contributed by atoms with Gasteiger partial charge >= 0.3 is 0 Å². The molecule has 10 aromatic rings. The highest BCUT2D eigenvalue weighted by Crippen LogP contribution is 2.35. The Kier molecular flexibility index (Phi) is 10.1. The lowest BCUT2D eigenvalue weighted by atomic mass is 9.64. The SMILES string of the molecule is Bc1c(B)c(B)c2c(oc3c(B)c(B)c(-c4nc(-c5cccc(-c6cccc(-c7ccccc7)c6)c5)nc(-c5c(B)c(B)c(B)c6oc7c(B)c(B)c(B)c(B)c7c56)n4)c(B)c32)c1B. The van der Waals surface area contributed by atoms with Crippen LogP contribution in [0.25, 0.3) is 100 Å². The first-order chi connectivity index (χ1) is 30.6. The molecule has 0 bridgehead atoms. The Morgan fingerprint density at radius 1 is 0.266 bits per heavy atom. The summed E-state index contributed by atoms with van der Waals surface area (Å²) in [5, 5.41) is 4.49. The van der Waals surface area contributed by atoms with Crippen molar-refractivity contribution in [2.75, 3.05) is 0 Å². The third kappa shape index (κ3) is 6.16. The zero-order valence-corrected chi connectivity index (χ0v) is 39.7. The molecule has 290 valence electrons. The summed E-state index contributed by atoms with van der Waals surface area (Å²) in [7, 11) is 30.8. The molecule has 0 unspecified atom stereocenters. The van der Waals surface area contributed by atoms with Crippen LogP contribution in [-0.4, -0.2) is 125 Å². The number of nitrogens with zero attached hydrogens (tertiary/aromatic N) is 3. The molecular weight excluding hydrogens is 766 g/mol. The zero-order valence-electron chi connectivity index (χ0n) is 39.7. The van der Waals surface area contributed by atoms with Gasteiger partial charge in [-0.25, -0.2) is 15.0 Å². The lowest BCUT2D eigenvalue weighted by molar-refractivity contribution is 0.674. The van der Waals surface area contributed by atoms with Gasteiger partial charge in [-0.2, -0.15) is 0 Å². The zero-order chi connectivity index (χ0) is 45.2. The molecule has 5 nitrogen and oxygen atoms in total. The molecule has 64 heavy (non-hydrogen) atoms. The molecule has 0 radical (unpaired) electrons. The van der Waals surface area contributed by atoms with E-state index in [0.29, 0.717) is 17.5 Å². The van der Waals surface area contributed by atoms with E-state index in [1.807, 2.05) is 0 Å². The van der Waals surface area contributed by atoms with Crippen LogP contribution in [0.2, 0.25) is 0 Å². The van der Waals surface area contributed by atoms with Crippen molar-refractivity contribution in [3.8, 4) is 56.4 Å². The number of benzene rings is 7. The lowest BCUT2D eigenvalue weighted by Gasteiger charge is -2.18. The maximum absolute atomic E-state index is 6.96. The van der Waals surface area contributed by atoms with Crippen molar-refractivity contribution in [3.05, 3.63) is 78.9 Å². The van der Waals surface area contributed by atoms with Crippen LogP contribution in [0.1, 0.15) is 0 Å². The van der Waals surface area contributed by atoms with Gasteiger partial charge in [-0.1, -0.05) is 132 Å². The van der Waals surface area contributed by atoms with Crippen LogP contribution in [0.5, 0.6) is 0 Å². The van der Waals surface area contributed by atoms with E-state index in [1.54, 1.807) is 0 Å². The molecule has 3 heterocycles. The number of fused-ring (bicyclic) bond motifs is 6. The fourth-order valence-electron chi connectivity index (χ4n) is 10.4. The summed E-state index contributed by atoms with van der Waals surface area (Å²) in [6.45, 7) is 0. The second-order valence-electron chi connectivity index (χ2n) is 18.4. The highest BCUT2D eigenvalue weighted by molar-refractivity contribution is 6.70. The summed E-state index contributed by atoms with van der Waals surface area (Å²) in [4.78, 5) is 16.6. The van der Waals surface area contributed by atoms with E-state index in [0.717, 1.165) is 93.6 Å². The summed E-state index contributed by atoms with van der Waals surface area (Å²) in [5.41, 5.74) is 27.8. The Hall–Kier alpha value is -5.94. The van der Waals surface area contributed by atoms with Crippen LogP contribution in [0.3, 0.4) is 0 Å². The van der Waals surface area contributed by atoms with Crippen LogP contribution in [0.4, 0.5) is 0 Å². The second kappa shape index (κ2) is 15.4. The van der Waals surface area contributed by atoms with E-state index >= 15 is 0 Å². The smallest absolute Gasteiger partial charge is 0.164 e. The average Bonchev–Trinajstić information content (AvgIpc) is 3.92. The Morgan fingerprint density at radius 2 is 0.609 bits per heavy atom. The van der Waals surface area contributed by atoms with Gasteiger partial charge in [-0.15, -0.1) is 10.9 Å². The van der Waals surface area contributed by atoms with E-state index in [-0.39, 0.29) is 0 Å². The number of hydrogen-bond acceptors (Lipinski definition) is 5. The Balaban J connectivity index is 1.30. The van der Waals surface area contributed by atoms with Crippen molar-refractivity contribution >= 4 is 230 Å². The maximum atomic E-state index is 6.96. The van der Waals surface area contributed by atoms with E-state index in [9.17, 15) is 0 Å². The van der Waals surface area contributed by atoms with E-state index in [2.05, 4.69) is 189 Å². The molecule has 0 saturated heterocycles. The minimum absolute atomic E-state index is 0.617.